The lowest BCUT2D eigenvalue weighted by atomic mass is 9.48. The highest BCUT2D eigenvalue weighted by Gasteiger charge is 2.73. The standard InChI is InChI=1S/C18H19Cl/c19-10-15-16-13-6-12-7-17(9-13,11-18(15,16)8-12)14-4-2-1-3-5-14/h1-5,10,12-13,16H,6-9,11H2/b15-10+. The molecule has 0 aliphatic heterocycles. The number of allylic oxidation sites excluding steroid dienone is 1. The van der Waals surface area contributed by atoms with E-state index in [4.69, 9.17) is 11.6 Å². The van der Waals surface area contributed by atoms with E-state index in [-0.39, 0.29) is 0 Å². The Hall–Kier alpha value is -0.750. The fourth-order valence-corrected chi connectivity index (χ4v) is 6.77. The van der Waals surface area contributed by atoms with Crippen molar-refractivity contribution in [3.63, 3.8) is 0 Å². The van der Waals surface area contributed by atoms with Gasteiger partial charge < -0.3 is 0 Å². The minimum Gasteiger partial charge on any atom is -0.0930 e. The topological polar surface area (TPSA) is 0 Å². The Morgan fingerprint density at radius 1 is 1.11 bits per heavy atom. The molecule has 1 aromatic carbocycles. The van der Waals surface area contributed by atoms with Gasteiger partial charge in [-0.1, -0.05) is 41.9 Å². The number of benzene rings is 1. The highest BCUT2D eigenvalue weighted by Crippen LogP contribution is 2.81. The fourth-order valence-electron chi connectivity index (χ4n) is 6.42. The van der Waals surface area contributed by atoms with E-state index < -0.39 is 0 Å². The summed E-state index contributed by atoms with van der Waals surface area (Å²) in [6.07, 6.45) is 7.11. The van der Waals surface area contributed by atoms with Crippen LogP contribution in [0, 0.1) is 23.2 Å². The zero-order valence-corrected chi connectivity index (χ0v) is 11.9. The molecule has 1 spiro atoms. The highest BCUT2D eigenvalue weighted by atomic mass is 35.5. The van der Waals surface area contributed by atoms with Crippen molar-refractivity contribution in [3.05, 3.63) is 47.0 Å². The molecule has 0 saturated heterocycles. The van der Waals surface area contributed by atoms with Crippen LogP contribution >= 0.6 is 11.6 Å². The van der Waals surface area contributed by atoms with E-state index in [1.807, 2.05) is 5.54 Å². The second-order valence-corrected chi connectivity index (χ2v) is 7.71. The summed E-state index contributed by atoms with van der Waals surface area (Å²) in [6, 6.07) is 11.3. The quantitative estimate of drug-likeness (QED) is 0.682. The summed E-state index contributed by atoms with van der Waals surface area (Å²) < 4.78 is 0. The maximum Gasteiger partial charge on any atom is 0.00435 e. The molecule has 0 heterocycles. The van der Waals surface area contributed by atoms with Crippen LogP contribution in [0.25, 0.3) is 0 Å². The predicted molar refractivity (Wildman–Crippen MR) is 78.0 cm³/mol. The summed E-state index contributed by atoms with van der Waals surface area (Å²) in [5.41, 5.74) is 6.15. The van der Waals surface area contributed by atoms with Gasteiger partial charge in [-0.3, -0.25) is 0 Å². The Kier molecular flexibility index (Phi) is 1.90. The first kappa shape index (κ1) is 11.0. The van der Waals surface area contributed by atoms with Gasteiger partial charge in [0.25, 0.3) is 0 Å². The Morgan fingerprint density at radius 2 is 1.95 bits per heavy atom. The van der Waals surface area contributed by atoms with Crippen molar-refractivity contribution < 1.29 is 0 Å². The lowest BCUT2D eigenvalue weighted by molar-refractivity contribution is -0.0121. The molecular weight excluding hydrogens is 252 g/mol. The van der Waals surface area contributed by atoms with E-state index in [0.29, 0.717) is 10.8 Å². The van der Waals surface area contributed by atoms with Crippen LogP contribution in [0.4, 0.5) is 0 Å². The molecule has 0 N–H and O–H groups in total. The molecule has 4 bridgehead atoms. The lowest BCUT2D eigenvalue weighted by Crippen LogP contribution is -2.49. The molecule has 1 heteroatoms. The number of rotatable bonds is 1. The van der Waals surface area contributed by atoms with Crippen LogP contribution in [0.5, 0.6) is 0 Å². The third kappa shape index (κ3) is 1.18. The summed E-state index contributed by atoms with van der Waals surface area (Å²) in [5.74, 6) is 2.74. The van der Waals surface area contributed by atoms with Crippen molar-refractivity contribution in [2.24, 2.45) is 23.2 Å². The summed E-state index contributed by atoms with van der Waals surface area (Å²) in [7, 11) is 0. The average molecular weight is 271 g/mol. The first-order valence-corrected chi connectivity index (χ1v) is 8.07. The van der Waals surface area contributed by atoms with Crippen LogP contribution in [-0.4, -0.2) is 0 Å². The van der Waals surface area contributed by atoms with E-state index in [9.17, 15) is 0 Å². The first-order valence-electron chi connectivity index (χ1n) is 7.64. The molecule has 5 aliphatic rings. The number of hydrogen-bond donors (Lipinski definition) is 0. The minimum absolute atomic E-state index is 0.477. The Balaban J connectivity index is 1.65. The van der Waals surface area contributed by atoms with Crippen LogP contribution in [0.1, 0.15) is 37.7 Å². The molecule has 5 atom stereocenters. The molecule has 5 unspecified atom stereocenters. The summed E-state index contributed by atoms with van der Waals surface area (Å²) >= 11 is 6.13. The van der Waals surface area contributed by atoms with Gasteiger partial charge in [0.2, 0.25) is 0 Å². The Bertz CT molecular complexity index is 575. The molecule has 5 saturated carbocycles. The van der Waals surface area contributed by atoms with Crippen LogP contribution in [0.2, 0.25) is 0 Å². The molecule has 5 fully saturated rings. The largest absolute Gasteiger partial charge is 0.0930 e. The average Bonchev–Trinajstić information content (AvgIpc) is 3.06. The SMILES string of the molecule is Cl/C=C1\C2C3CC4CC(c5ccccc5)(C3)CC12C4. The van der Waals surface area contributed by atoms with E-state index in [2.05, 4.69) is 30.3 Å². The van der Waals surface area contributed by atoms with Crippen molar-refractivity contribution in [3.8, 4) is 0 Å². The maximum atomic E-state index is 6.13. The third-order valence-corrected chi connectivity index (χ3v) is 6.91. The summed E-state index contributed by atoms with van der Waals surface area (Å²) in [6.45, 7) is 0. The Morgan fingerprint density at radius 3 is 2.74 bits per heavy atom. The molecule has 1 aromatic rings. The summed E-state index contributed by atoms with van der Waals surface area (Å²) in [4.78, 5) is 0. The van der Waals surface area contributed by atoms with Gasteiger partial charge in [-0.15, -0.1) is 0 Å². The van der Waals surface area contributed by atoms with Gasteiger partial charge in [0, 0.05) is 11.0 Å². The highest BCUT2D eigenvalue weighted by molar-refractivity contribution is 6.26. The normalized spacial score (nSPS) is 51.4. The van der Waals surface area contributed by atoms with E-state index in [1.165, 1.54) is 32.1 Å². The maximum absolute atomic E-state index is 6.13. The van der Waals surface area contributed by atoms with Crippen LogP contribution in [0.3, 0.4) is 0 Å². The van der Waals surface area contributed by atoms with Crippen molar-refractivity contribution in [1.82, 2.24) is 0 Å². The zero-order valence-electron chi connectivity index (χ0n) is 11.1. The zero-order chi connectivity index (χ0) is 12.7. The Labute approximate surface area is 119 Å². The number of halogens is 1. The fraction of sp³-hybridized carbons (Fsp3) is 0.556. The number of hydrogen-bond acceptors (Lipinski definition) is 0. The van der Waals surface area contributed by atoms with Crippen LogP contribution in [0.15, 0.2) is 41.4 Å². The molecular formula is C18H19Cl. The van der Waals surface area contributed by atoms with Crippen molar-refractivity contribution in [2.75, 3.05) is 0 Å². The second-order valence-electron chi connectivity index (χ2n) is 7.50. The van der Waals surface area contributed by atoms with Gasteiger partial charge in [-0.2, -0.15) is 0 Å². The molecule has 98 valence electrons. The third-order valence-electron chi connectivity index (χ3n) is 6.67. The van der Waals surface area contributed by atoms with E-state index >= 15 is 0 Å². The van der Waals surface area contributed by atoms with Crippen LogP contribution < -0.4 is 0 Å². The van der Waals surface area contributed by atoms with Gasteiger partial charge >= 0.3 is 0 Å². The second kappa shape index (κ2) is 3.28. The van der Waals surface area contributed by atoms with Gasteiger partial charge in [0.15, 0.2) is 0 Å². The van der Waals surface area contributed by atoms with Gasteiger partial charge in [0.05, 0.1) is 0 Å². The predicted octanol–water partition coefficient (Wildman–Crippen LogP) is 4.89. The lowest BCUT2D eigenvalue weighted by Gasteiger charge is -2.56. The molecule has 19 heavy (non-hydrogen) atoms. The first-order chi connectivity index (χ1) is 9.27. The van der Waals surface area contributed by atoms with E-state index in [0.717, 1.165) is 17.8 Å². The molecule has 5 aliphatic carbocycles. The smallest absolute Gasteiger partial charge is 0.00435 e. The molecule has 0 radical (unpaired) electrons. The van der Waals surface area contributed by atoms with Gasteiger partial charge in [0.1, 0.15) is 0 Å². The molecule has 0 amide bonds. The van der Waals surface area contributed by atoms with Gasteiger partial charge in [-0.25, -0.2) is 0 Å². The molecule has 0 nitrogen and oxygen atoms in total. The molecule has 6 rings (SSSR count). The molecule has 0 aromatic heterocycles. The van der Waals surface area contributed by atoms with Crippen molar-refractivity contribution >= 4 is 11.6 Å². The summed E-state index contributed by atoms with van der Waals surface area (Å²) in [5, 5.41) is 0. The van der Waals surface area contributed by atoms with Gasteiger partial charge in [-0.05, 0) is 66.4 Å². The van der Waals surface area contributed by atoms with Crippen molar-refractivity contribution in [1.29, 1.82) is 0 Å². The monoisotopic (exact) mass is 270 g/mol. The van der Waals surface area contributed by atoms with Crippen LogP contribution in [-0.2, 0) is 5.41 Å². The van der Waals surface area contributed by atoms with E-state index in [1.54, 1.807) is 11.1 Å². The minimum atomic E-state index is 0.477. The van der Waals surface area contributed by atoms with Crippen molar-refractivity contribution in [2.45, 2.75) is 37.5 Å².